The first kappa shape index (κ1) is 15.2. The average Bonchev–Trinajstić information content (AvgIpc) is 2.19. The largest absolute Gasteiger partial charge is 0.401 e. The van der Waals surface area contributed by atoms with E-state index < -0.39 is 12.7 Å². The van der Waals surface area contributed by atoms with Gasteiger partial charge in [0.25, 0.3) is 0 Å². The Labute approximate surface area is 121 Å². The summed E-state index contributed by atoms with van der Waals surface area (Å²) in [7, 11) is 0. The van der Waals surface area contributed by atoms with E-state index in [9.17, 15) is 13.2 Å². The summed E-state index contributed by atoms with van der Waals surface area (Å²) in [5, 5.41) is 0.535. The van der Waals surface area contributed by atoms with Crippen LogP contribution < -0.4 is 0 Å². The van der Waals surface area contributed by atoms with Gasteiger partial charge in [-0.2, -0.15) is 13.2 Å². The van der Waals surface area contributed by atoms with Gasteiger partial charge in [-0.25, -0.2) is 0 Å². The molecular formula is C11H12BrF3IN. The van der Waals surface area contributed by atoms with Crippen molar-refractivity contribution in [1.29, 1.82) is 0 Å². The Bertz CT molecular complexity index is 340. The van der Waals surface area contributed by atoms with Crippen molar-refractivity contribution < 1.29 is 13.2 Å². The molecule has 0 aliphatic heterocycles. The first-order valence-electron chi connectivity index (χ1n) is 5.00. The fraction of sp³-hybridized carbons (Fsp3) is 0.455. The first-order valence-corrected chi connectivity index (χ1v) is 7.20. The number of hydrogen-bond donors (Lipinski definition) is 0. The molecule has 0 N–H and O–H groups in total. The van der Waals surface area contributed by atoms with Gasteiger partial charge in [-0.3, -0.25) is 4.90 Å². The summed E-state index contributed by atoms with van der Waals surface area (Å²) in [5.74, 6) is 0. The monoisotopic (exact) mass is 421 g/mol. The molecule has 0 atom stereocenters. The Morgan fingerprint density at radius 1 is 1.18 bits per heavy atom. The van der Waals surface area contributed by atoms with Gasteiger partial charge in [0.1, 0.15) is 0 Å². The molecule has 0 unspecified atom stereocenters. The molecule has 0 aromatic heterocycles. The summed E-state index contributed by atoms with van der Waals surface area (Å²) >= 11 is 5.34. The van der Waals surface area contributed by atoms with Crippen LogP contribution in [-0.2, 0) is 6.54 Å². The summed E-state index contributed by atoms with van der Waals surface area (Å²) in [4.78, 5) is 1.39. The number of alkyl halides is 4. The fourth-order valence-corrected chi connectivity index (χ4v) is 2.30. The molecule has 1 rings (SSSR count). The molecule has 1 aromatic rings. The SMILES string of the molecule is FC(F)(F)CN(CCBr)Cc1ccc(I)cc1. The van der Waals surface area contributed by atoms with Crippen molar-refractivity contribution >= 4 is 38.5 Å². The van der Waals surface area contributed by atoms with E-state index >= 15 is 0 Å². The lowest BCUT2D eigenvalue weighted by Crippen LogP contribution is -2.35. The fourth-order valence-electron chi connectivity index (χ4n) is 1.44. The van der Waals surface area contributed by atoms with Crippen molar-refractivity contribution in [2.24, 2.45) is 0 Å². The Morgan fingerprint density at radius 2 is 1.76 bits per heavy atom. The molecule has 0 bridgehead atoms. The quantitative estimate of drug-likeness (QED) is 0.512. The van der Waals surface area contributed by atoms with Gasteiger partial charge < -0.3 is 0 Å². The molecule has 0 heterocycles. The topological polar surface area (TPSA) is 3.24 Å². The van der Waals surface area contributed by atoms with Crippen molar-refractivity contribution in [3.63, 3.8) is 0 Å². The highest BCUT2D eigenvalue weighted by Crippen LogP contribution is 2.18. The van der Waals surface area contributed by atoms with Gasteiger partial charge in [0, 0.05) is 22.0 Å². The van der Waals surface area contributed by atoms with Gasteiger partial charge in [0.05, 0.1) is 6.54 Å². The third kappa shape index (κ3) is 6.61. The highest BCUT2D eigenvalue weighted by atomic mass is 127. The van der Waals surface area contributed by atoms with Gasteiger partial charge >= 0.3 is 6.18 Å². The van der Waals surface area contributed by atoms with Crippen LogP contribution >= 0.6 is 38.5 Å². The highest BCUT2D eigenvalue weighted by Gasteiger charge is 2.30. The maximum Gasteiger partial charge on any atom is 0.401 e. The van der Waals surface area contributed by atoms with Gasteiger partial charge in [-0.05, 0) is 40.3 Å². The van der Waals surface area contributed by atoms with Gasteiger partial charge in [-0.1, -0.05) is 28.1 Å². The van der Waals surface area contributed by atoms with E-state index in [0.29, 0.717) is 18.4 Å². The molecule has 1 nitrogen and oxygen atoms in total. The van der Waals surface area contributed by atoms with Gasteiger partial charge in [-0.15, -0.1) is 0 Å². The van der Waals surface area contributed by atoms with E-state index in [0.717, 1.165) is 9.13 Å². The predicted molar refractivity (Wildman–Crippen MR) is 74.3 cm³/mol. The maximum atomic E-state index is 12.3. The zero-order valence-corrected chi connectivity index (χ0v) is 12.7. The Kier molecular flexibility index (Phi) is 6.22. The van der Waals surface area contributed by atoms with E-state index in [-0.39, 0.29) is 0 Å². The Morgan fingerprint density at radius 3 is 2.24 bits per heavy atom. The lowest BCUT2D eigenvalue weighted by atomic mass is 10.2. The second-order valence-electron chi connectivity index (χ2n) is 3.64. The summed E-state index contributed by atoms with van der Waals surface area (Å²) in [6, 6.07) is 7.52. The summed E-state index contributed by atoms with van der Waals surface area (Å²) < 4.78 is 38.1. The van der Waals surface area contributed by atoms with Gasteiger partial charge in [0.15, 0.2) is 0 Å². The van der Waals surface area contributed by atoms with Crippen LogP contribution in [0, 0.1) is 3.57 Å². The molecule has 96 valence electrons. The summed E-state index contributed by atoms with van der Waals surface area (Å²) in [6.45, 7) is -0.169. The van der Waals surface area contributed by atoms with Crippen LogP contribution in [0.3, 0.4) is 0 Å². The van der Waals surface area contributed by atoms with Crippen LogP contribution in [0.15, 0.2) is 24.3 Å². The number of benzene rings is 1. The van der Waals surface area contributed by atoms with Crippen molar-refractivity contribution in [2.75, 3.05) is 18.4 Å². The van der Waals surface area contributed by atoms with Crippen LogP contribution in [0.5, 0.6) is 0 Å². The Hall–Kier alpha value is 0.180. The van der Waals surface area contributed by atoms with E-state index in [1.165, 1.54) is 4.90 Å². The van der Waals surface area contributed by atoms with Crippen LogP contribution in [0.1, 0.15) is 5.56 Å². The highest BCUT2D eigenvalue weighted by molar-refractivity contribution is 14.1. The van der Waals surface area contributed by atoms with Crippen molar-refractivity contribution in [1.82, 2.24) is 4.90 Å². The van der Waals surface area contributed by atoms with E-state index in [4.69, 9.17) is 0 Å². The predicted octanol–water partition coefficient (Wildman–Crippen LogP) is 4.05. The number of halogens is 5. The third-order valence-electron chi connectivity index (χ3n) is 2.12. The van der Waals surface area contributed by atoms with Crippen LogP contribution in [0.4, 0.5) is 13.2 Å². The molecule has 0 aliphatic carbocycles. The maximum absolute atomic E-state index is 12.3. The first-order chi connectivity index (χ1) is 7.90. The van der Waals surface area contributed by atoms with Crippen LogP contribution in [0.25, 0.3) is 0 Å². The molecule has 0 saturated heterocycles. The minimum absolute atomic E-state index is 0.321. The number of nitrogens with zero attached hydrogens (tertiary/aromatic N) is 1. The lowest BCUT2D eigenvalue weighted by molar-refractivity contribution is -0.146. The van der Waals surface area contributed by atoms with E-state index in [2.05, 4.69) is 38.5 Å². The smallest absolute Gasteiger partial charge is 0.290 e. The molecule has 0 fully saturated rings. The molecule has 17 heavy (non-hydrogen) atoms. The zero-order chi connectivity index (χ0) is 12.9. The third-order valence-corrected chi connectivity index (χ3v) is 3.20. The van der Waals surface area contributed by atoms with E-state index in [1.807, 2.05) is 24.3 Å². The van der Waals surface area contributed by atoms with Gasteiger partial charge in [0.2, 0.25) is 0 Å². The molecular weight excluding hydrogens is 410 g/mol. The summed E-state index contributed by atoms with van der Waals surface area (Å²) in [5.41, 5.74) is 0.899. The summed E-state index contributed by atoms with van der Waals surface area (Å²) in [6.07, 6.45) is -4.15. The van der Waals surface area contributed by atoms with Crippen molar-refractivity contribution in [2.45, 2.75) is 12.7 Å². The minimum Gasteiger partial charge on any atom is -0.290 e. The van der Waals surface area contributed by atoms with Crippen LogP contribution in [-0.4, -0.2) is 29.5 Å². The normalized spacial score (nSPS) is 12.1. The lowest BCUT2D eigenvalue weighted by Gasteiger charge is -2.22. The Balaban J connectivity index is 2.63. The zero-order valence-electron chi connectivity index (χ0n) is 8.97. The molecule has 1 aromatic carbocycles. The molecule has 6 heteroatoms. The molecule has 0 saturated carbocycles. The second-order valence-corrected chi connectivity index (χ2v) is 5.68. The second kappa shape index (κ2) is 6.94. The molecule has 0 radical (unpaired) electrons. The molecule has 0 aliphatic rings. The van der Waals surface area contributed by atoms with Crippen molar-refractivity contribution in [3.05, 3.63) is 33.4 Å². The van der Waals surface area contributed by atoms with Crippen molar-refractivity contribution in [3.8, 4) is 0 Å². The number of hydrogen-bond acceptors (Lipinski definition) is 1. The van der Waals surface area contributed by atoms with E-state index in [1.54, 1.807) is 0 Å². The molecule has 0 amide bonds. The number of rotatable bonds is 5. The minimum atomic E-state index is -4.15. The molecule has 0 spiro atoms. The average molecular weight is 422 g/mol. The van der Waals surface area contributed by atoms with Crippen LogP contribution in [0.2, 0.25) is 0 Å². The standard InChI is InChI=1S/C11H12BrF3IN/c12-5-6-17(8-11(13,14)15)7-9-1-3-10(16)4-2-9/h1-4H,5-8H2.